The first kappa shape index (κ1) is 17.6. The molecular weight excluding hydrogens is 349 g/mol. The van der Waals surface area contributed by atoms with Crippen LogP contribution in [0.4, 0.5) is 13.2 Å². The van der Waals surface area contributed by atoms with E-state index in [0.29, 0.717) is 22.3 Å². The van der Waals surface area contributed by atoms with Gasteiger partial charge in [0.1, 0.15) is 5.60 Å². The van der Waals surface area contributed by atoms with Gasteiger partial charge >= 0.3 is 6.18 Å². The van der Waals surface area contributed by atoms with Gasteiger partial charge in [0.25, 0.3) is 0 Å². The molecule has 0 spiro atoms. The highest BCUT2D eigenvalue weighted by Gasteiger charge is 2.42. The average molecular weight is 366 g/mol. The Morgan fingerprint density at radius 3 is 1.89 bits per heavy atom. The zero-order valence-corrected chi connectivity index (χ0v) is 14.6. The van der Waals surface area contributed by atoms with Crippen LogP contribution in [0.1, 0.15) is 34.7 Å². The predicted octanol–water partition coefficient (Wildman–Crippen LogP) is 5.89. The summed E-state index contributed by atoms with van der Waals surface area (Å²) in [6, 6.07) is 22.1. The van der Waals surface area contributed by atoms with Crippen molar-refractivity contribution in [2.24, 2.45) is 0 Å². The van der Waals surface area contributed by atoms with Crippen molar-refractivity contribution in [2.45, 2.75) is 18.7 Å². The van der Waals surface area contributed by atoms with Gasteiger partial charge in [-0.15, -0.1) is 0 Å². The van der Waals surface area contributed by atoms with E-state index in [1.165, 1.54) is 6.07 Å². The quantitative estimate of drug-likeness (QED) is 0.600. The average Bonchev–Trinajstić information content (AvgIpc) is 2.89. The number of fused-ring (bicyclic) bond motifs is 1. The van der Waals surface area contributed by atoms with Gasteiger partial charge in [0.05, 0.1) is 5.56 Å². The molecular formula is C23H17F3O. The van der Waals surface area contributed by atoms with Crippen molar-refractivity contribution in [1.29, 1.82) is 0 Å². The summed E-state index contributed by atoms with van der Waals surface area (Å²) >= 11 is 0. The molecule has 0 radical (unpaired) electrons. The fraction of sp³-hybridized carbons (Fsp3) is 0.130. The van der Waals surface area contributed by atoms with E-state index < -0.39 is 17.3 Å². The van der Waals surface area contributed by atoms with E-state index in [-0.39, 0.29) is 0 Å². The zero-order chi connectivity index (χ0) is 19.2. The van der Waals surface area contributed by atoms with Crippen LogP contribution in [-0.2, 0) is 11.8 Å². The number of alkyl halides is 3. The minimum atomic E-state index is -4.45. The Balaban J connectivity index is 2.07. The molecule has 0 saturated carbocycles. The Hall–Kier alpha value is -2.85. The maximum atomic E-state index is 13.3. The van der Waals surface area contributed by atoms with E-state index in [1.54, 1.807) is 6.92 Å². The number of halogens is 3. The van der Waals surface area contributed by atoms with E-state index in [0.717, 1.165) is 23.3 Å². The summed E-state index contributed by atoms with van der Waals surface area (Å²) in [5, 5.41) is 11.3. The number of rotatable bonds is 2. The molecule has 3 aromatic carbocycles. The topological polar surface area (TPSA) is 20.2 Å². The first-order valence-electron chi connectivity index (χ1n) is 8.60. The molecule has 27 heavy (non-hydrogen) atoms. The Morgan fingerprint density at radius 1 is 0.778 bits per heavy atom. The normalized spacial score (nSPS) is 19.3. The van der Waals surface area contributed by atoms with Crippen LogP contribution in [0.2, 0.25) is 0 Å². The highest BCUT2D eigenvalue weighted by Crippen LogP contribution is 2.52. The molecule has 1 atom stereocenters. The molecule has 4 rings (SSSR count). The van der Waals surface area contributed by atoms with Gasteiger partial charge in [-0.25, -0.2) is 0 Å². The summed E-state index contributed by atoms with van der Waals surface area (Å²) in [4.78, 5) is 0. The number of aliphatic hydroxyl groups is 1. The lowest BCUT2D eigenvalue weighted by atomic mass is 9.87. The van der Waals surface area contributed by atoms with Crippen molar-refractivity contribution >= 4 is 11.1 Å². The Labute approximate surface area is 155 Å². The number of hydrogen-bond acceptors (Lipinski definition) is 1. The van der Waals surface area contributed by atoms with E-state index in [1.807, 2.05) is 60.7 Å². The molecule has 0 saturated heterocycles. The Kier molecular flexibility index (Phi) is 3.97. The summed E-state index contributed by atoms with van der Waals surface area (Å²) in [7, 11) is 0. The van der Waals surface area contributed by atoms with Crippen LogP contribution in [-0.4, -0.2) is 5.11 Å². The lowest BCUT2D eigenvalue weighted by Gasteiger charge is -2.24. The fourth-order valence-electron chi connectivity index (χ4n) is 3.80. The van der Waals surface area contributed by atoms with Crippen LogP contribution in [0.5, 0.6) is 0 Å². The van der Waals surface area contributed by atoms with Crippen molar-refractivity contribution in [3.63, 3.8) is 0 Å². The number of hydrogen-bond donors (Lipinski definition) is 1. The monoisotopic (exact) mass is 366 g/mol. The van der Waals surface area contributed by atoms with Crippen molar-refractivity contribution in [3.8, 4) is 0 Å². The highest BCUT2D eigenvalue weighted by atomic mass is 19.4. The minimum Gasteiger partial charge on any atom is -0.381 e. The Bertz CT molecular complexity index is 1020. The molecule has 0 bridgehead atoms. The molecule has 0 heterocycles. The molecule has 4 heteroatoms. The summed E-state index contributed by atoms with van der Waals surface area (Å²) in [6.07, 6.45) is -4.45. The van der Waals surface area contributed by atoms with Gasteiger partial charge in [-0.3, -0.25) is 0 Å². The second kappa shape index (κ2) is 6.10. The van der Waals surface area contributed by atoms with Crippen LogP contribution >= 0.6 is 0 Å². The van der Waals surface area contributed by atoms with E-state index in [2.05, 4.69) is 0 Å². The van der Waals surface area contributed by atoms with E-state index >= 15 is 0 Å². The van der Waals surface area contributed by atoms with E-state index in [9.17, 15) is 18.3 Å². The fourth-order valence-corrected chi connectivity index (χ4v) is 3.80. The minimum absolute atomic E-state index is 0.417. The lowest BCUT2D eigenvalue weighted by molar-refractivity contribution is -0.137. The summed E-state index contributed by atoms with van der Waals surface area (Å²) in [6.45, 7) is 1.64. The van der Waals surface area contributed by atoms with Crippen LogP contribution < -0.4 is 0 Å². The maximum absolute atomic E-state index is 13.3. The van der Waals surface area contributed by atoms with Crippen LogP contribution in [0.3, 0.4) is 0 Å². The van der Waals surface area contributed by atoms with Crippen molar-refractivity contribution in [3.05, 3.63) is 107 Å². The zero-order valence-electron chi connectivity index (χ0n) is 14.6. The summed E-state index contributed by atoms with van der Waals surface area (Å²) in [5.41, 5.74) is 1.58. The lowest BCUT2D eigenvalue weighted by Crippen LogP contribution is -2.20. The molecule has 136 valence electrons. The highest BCUT2D eigenvalue weighted by molar-refractivity contribution is 6.06. The summed E-state index contributed by atoms with van der Waals surface area (Å²) < 4.78 is 40.0. The van der Waals surface area contributed by atoms with Crippen LogP contribution in [0.25, 0.3) is 11.1 Å². The summed E-state index contributed by atoms with van der Waals surface area (Å²) in [5.74, 6) is 0. The van der Waals surface area contributed by atoms with Gasteiger partial charge in [0, 0.05) is 5.57 Å². The largest absolute Gasteiger partial charge is 0.416 e. The first-order valence-corrected chi connectivity index (χ1v) is 8.60. The van der Waals surface area contributed by atoms with Crippen molar-refractivity contribution in [1.82, 2.24) is 0 Å². The molecule has 0 aromatic heterocycles. The van der Waals surface area contributed by atoms with Gasteiger partial charge in [-0.05, 0) is 46.9 Å². The van der Waals surface area contributed by atoms with Gasteiger partial charge in [0.15, 0.2) is 0 Å². The van der Waals surface area contributed by atoms with Gasteiger partial charge < -0.3 is 5.11 Å². The molecule has 1 nitrogen and oxygen atoms in total. The molecule has 3 aromatic rings. The molecule has 1 N–H and O–H groups in total. The predicted molar refractivity (Wildman–Crippen MR) is 99.8 cm³/mol. The molecule has 0 amide bonds. The van der Waals surface area contributed by atoms with Crippen molar-refractivity contribution < 1.29 is 18.3 Å². The van der Waals surface area contributed by atoms with Gasteiger partial charge in [0.2, 0.25) is 0 Å². The molecule has 1 unspecified atom stereocenters. The SMILES string of the molecule is CC1(O)C(c2ccccc2)=C(c2ccccc2)c2cc(C(F)(F)F)ccc21. The van der Waals surface area contributed by atoms with Crippen LogP contribution in [0.15, 0.2) is 78.9 Å². The maximum Gasteiger partial charge on any atom is 0.416 e. The van der Waals surface area contributed by atoms with Gasteiger partial charge in [-0.2, -0.15) is 13.2 Å². The third-order valence-electron chi connectivity index (χ3n) is 5.00. The molecule has 1 aliphatic rings. The third-order valence-corrected chi connectivity index (χ3v) is 5.00. The molecule has 0 aliphatic heterocycles. The first-order chi connectivity index (χ1) is 12.8. The molecule has 0 fully saturated rings. The second-order valence-corrected chi connectivity index (χ2v) is 6.81. The second-order valence-electron chi connectivity index (χ2n) is 6.81. The van der Waals surface area contributed by atoms with E-state index in [4.69, 9.17) is 0 Å². The van der Waals surface area contributed by atoms with Gasteiger partial charge in [-0.1, -0.05) is 66.7 Å². The standard InChI is InChI=1S/C23H17F3O/c1-22(27)19-13-12-17(23(24,25)26)14-18(19)20(15-8-4-2-5-9-15)21(22)16-10-6-3-7-11-16/h2-14,27H,1H3. The van der Waals surface area contributed by atoms with Crippen molar-refractivity contribution in [2.75, 3.05) is 0 Å². The number of benzene rings is 3. The Morgan fingerprint density at radius 2 is 1.33 bits per heavy atom. The molecule has 1 aliphatic carbocycles. The van der Waals surface area contributed by atoms with Crippen LogP contribution in [0, 0.1) is 0 Å². The third kappa shape index (κ3) is 2.86. The smallest absolute Gasteiger partial charge is 0.381 e.